The predicted octanol–water partition coefficient (Wildman–Crippen LogP) is 5.00. The second kappa shape index (κ2) is 6.36. The number of carbonyl (C=O) groups is 1. The zero-order valence-corrected chi connectivity index (χ0v) is 14.9. The lowest BCUT2D eigenvalue weighted by molar-refractivity contribution is 0.126. The number of rotatable bonds is 3. The number of benzene rings is 2. The van der Waals surface area contributed by atoms with Crippen LogP contribution in [-0.2, 0) is 17.8 Å². The zero-order chi connectivity index (χ0) is 16.4. The maximum absolute atomic E-state index is 12.2. The Labute approximate surface area is 145 Å². The molecule has 23 heavy (non-hydrogen) atoms. The van der Waals surface area contributed by atoms with E-state index in [1.807, 2.05) is 36.4 Å². The first-order valence-electron chi connectivity index (χ1n) is 7.71. The minimum Gasteiger partial charge on any atom is -0.445 e. The summed E-state index contributed by atoms with van der Waals surface area (Å²) in [6.45, 7) is 4.62. The van der Waals surface area contributed by atoms with E-state index in [4.69, 9.17) is 4.74 Å². The molecule has 3 rings (SSSR count). The lowest BCUT2D eigenvalue weighted by Crippen LogP contribution is -2.35. The highest BCUT2D eigenvalue weighted by molar-refractivity contribution is 9.10. The van der Waals surface area contributed by atoms with Crippen LogP contribution >= 0.6 is 15.9 Å². The first-order valence-corrected chi connectivity index (χ1v) is 8.50. The summed E-state index contributed by atoms with van der Waals surface area (Å²) in [4.78, 5) is 12.2. The third kappa shape index (κ3) is 3.58. The summed E-state index contributed by atoms with van der Waals surface area (Å²) in [5, 5.41) is 3.04. The molecule has 1 unspecified atom stereocenters. The standard InChI is InChI=1S/C19H20BrNO2/c1-19(2)11-14-10-15(20)8-9-16(14)17(19)21-18(22)23-12-13-6-4-3-5-7-13/h3-10,17H,11-12H2,1-2H3,(H,21,22). The van der Waals surface area contributed by atoms with E-state index in [1.165, 1.54) is 11.1 Å². The number of halogens is 1. The van der Waals surface area contributed by atoms with Crippen molar-refractivity contribution in [2.75, 3.05) is 0 Å². The molecule has 0 saturated heterocycles. The van der Waals surface area contributed by atoms with E-state index in [1.54, 1.807) is 0 Å². The smallest absolute Gasteiger partial charge is 0.407 e. The molecule has 3 nitrogen and oxygen atoms in total. The summed E-state index contributed by atoms with van der Waals surface area (Å²) in [5.74, 6) is 0. The van der Waals surface area contributed by atoms with E-state index in [0.717, 1.165) is 16.5 Å². The number of alkyl carbamates (subject to hydrolysis) is 1. The Balaban J connectivity index is 1.68. The Bertz CT molecular complexity index is 713. The van der Waals surface area contributed by atoms with Gasteiger partial charge in [-0.2, -0.15) is 0 Å². The van der Waals surface area contributed by atoms with Gasteiger partial charge < -0.3 is 10.1 Å². The third-order valence-electron chi connectivity index (χ3n) is 4.32. The van der Waals surface area contributed by atoms with Crippen LogP contribution in [-0.4, -0.2) is 6.09 Å². The predicted molar refractivity (Wildman–Crippen MR) is 94.1 cm³/mol. The summed E-state index contributed by atoms with van der Waals surface area (Å²) in [6.07, 6.45) is 0.563. The fourth-order valence-corrected chi connectivity index (χ4v) is 3.59. The maximum Gasteiger partial charge on any atom is 0.407 e. The Kier molecular flexibility index (Phi) is 4.44. The van der Waals surface area contributed by atoms with Crippen molar-refractivity contribution in [2.24, 2.45) is 5.41 Å². The van der Waals surface area contributed by atoms with Gasteiger partial charge in [-0.15, -0.1) is 0 Å². The number of hydrogen-bond acceptors (Lipinski definition) is 2. The molecule has 1 atom stereocenters. The van der Waals surface area contributed by atoms with Gasteiger partial charge in [0.2, 0.25) is 0 Å². The van der Waals surface area contributed by atoms with E-state index in [-0.39, 0.29) is 24.2 Å². The van der Waals surface area contributed by atoms with Crippen LogP contribution in [0.3, 0.4) is 0 Å². The molecule has 0 bridgehead atoms. The zero-order valence-electron chi connectivity index (χ0n) is 13.3. The molecule has 2 aromatic rings. The minimum absolute atomic E-state index is 0.0328. The Morgan fingerprint density at radius 2 is 2.00 bits per heavy atom. The second-order valence-electron chi connectivity index (χ2n) is 6.65. The average Bonchev–Trinajstić information content (AvgIpc) is 2.76. The fraction of sp³-hybridized carbons (Fsp3) is 0.316. The monoisotopic (exact) mass is 373 g/mol. The van der Waals surface area contributed by atoms with E-state index in [0.29, 0.717) is 0 Å². The van der Waals surface area contributed by atoms with Crippen LogP contribution in [0.2, 0.25) is 0 Å². The second-order valence-corrected chi connectivity index (χ2v) is 7.56. The van der Waals surface area contributed by atoms with E-state index < -0.39 is 0 Å². The quantitative estimate of drug-likeness (QED) is 0.821. The van der Waals surface area contributed by atoms with Crippen LogP contribution in [0.4, 0.5) is 4.79 Å². The summed E-state index contributed by atoms with van der Waals surface area (Å²) in [5.41, 5.74) is 3.40. The largest absolute Gasteiger partial charge is 0.445 e. The van der Waals surface area contributed by atoms with Crippen molar-refractivity contribution < 1.29 is 9.53 Å². The lowest BCUT2D eigenvalue weighted by Gasteiger charge is -2.28. The average molecular weight is 374 g/mol. The molecule has 0 saturated carbocycles. The van der Waals surface area contributed by atoms with Crippen molar-refractivity contribution in [3.8, 4) is 0 Å². The number of fused-ring (bicyclic) bond motifs is 1. The van der Waals surface area contributed by atoms with Crippen LogP contribution in [0.1, 0.15) is 36.6 Å². The van der Waals surface area contributed by atoms with E-state index in [2.05, 4.69) is 47.2 Å². The first-order chi connectivity index (χ1) is 11.0. The molecular formula is C19H20BrNO2. The number of nitrogens with one attached hydrogen (secondary N) is 1. The molecule has 0 aliphatic heterocycles. The molecule has 1 aliphatic carbocycles. The Hall–Kier alpha value is -1.81. The summed E-state index contributed by atoms with van der Waals surface area (Å²) >= 11 is 3.51. The molecule has 1 aliphatic rings. The molecule has 0 heterocycles. The molecule has 1 amide bonds. The number of ether oxygens (including phenoxy) is 1. The molecule has 120 valence electrons. The SMILES string of the molecule is CC1(C)Cc2cc(Br)ccc2C1NC(=O)OCc1ccccc1. The van der Waals surface area contributed by atoms with Gasteiger partial charge in [0, 0.05) is 4.47 Å². The van der Waals surface area contributed by atoms with Crippen molar-refractivity contribution in [3.05, 3.63) is 69.7 Å². The van der Waals surface area contributed by atoms with Gasteiger partial charge in [0.15, 0.2) is 0 Å². The van der Waals surface area contributed by atoms with Gasteiger partial charge in [-0.1, -0.05) is 66.2 Å². The maximum atomic E-state index is 12.2. The fourth-order valence-electron chi connectivity index (χ4n) is 3.18. The highest BCUT2D eigenvalue weighted by Crippen LogP contribution is 2.45. The van der Waals surface area contributed by atoms with Gasteiger partial charge in [0.25, 0.3) is 0 Å². The highest BCUT2D eigenvalue weighted by atomic mass is 79.9. The van der Waals surface area contributed by atoms with Gasteiger partial charge in [-0.3, -0.25) is 0 Å². The van der Waals surface area contributed by atoms with Crippen molar-refractivity contribution in [1.29, 1.82) is 0 Å². The number of hydrogen-bond donors (Lipinski definition) is 1. The van der Waals surface area contributed by atoms with Crippen molar-refractivity contribution in [3.63, 3.8) is 0 Å². The van der Waals surface area contributed by atoms with Crippen LogP contribution in [0.15, 0.2) is 53.0 Å². The van der Waals surface area contributed by atoms with Crippen LogP contribution in [0, 0.1) is 5.41 Å². The molecule has 0 radical (unpaired) electrons. The summed E-state index contributed by atoms with van der Waals surface area (Å²) in [6, 6.07) is 15.9. The van der Waals surface area contributed by atoms with E-state index >= 15 is 0 Å². The van der Waals surface area contributed by atoms with Gasteiger partial charge in [0.1, 0.15) is 6.61 Å². The summed E-state index contributed by atoms with van der Waals surface area (Å²) in [7, 11) is 0. The topological polar surface area (TPSA) is 38.3 Å². The molecule has 4 heteroatoms. The number of carbonyl (C=O) groups excluding carboxylic acids is 1. The molecule has 0 fully saturated rings. The highest BCUT2D eigenvalue weighted by Gasteiger charge is 2.40. The first kappa shape index (κ1) is 16.1. The van der Waals surface area contributed by atoms with Crippen molar-refractivity contribution in [2.45, 2.75) is 32.9 Å². The third-order valence-corrected chi connectivity index (χ3v) is 4.81. The molecule has 0 aromatic heterocycles. The van der Waals surface area contributed by atoms with E-state index in [9.17, 15) is 4.79 Å². The summed E-state index contributed by atoms with van der Waals surface area (Å²) < 4.78 is 6.43. The van der Waals surface area contributed by atoms with Crippen LogP contribution in [0.25, 0.3) is 0 Å². The van der Waals surface area contributed by atoms with Gasteiger partial charge in [-0.25, -0.2) is 4.79 Å². The number of amides is 1. The van der Waals surface area contributed by atoms with Gasteiger partial charge in [-0.05, 0) is 40.7 Å². The van der Waals surface area contributed by atoms with Crippen molar-refractivity contribution in [1.82, 2.24) is 5.32 Å². The molecule has 2 aromatic carbocycles. The van der Waals surface area contributed by atoms with Crippen molar-refractivity contribution >= 4 is 22.0 Å². The molecular weight excluding hydrogens is 354 g/mol. The lowest BCUT2D eigenvalue weighted by atomic mass is 9.85. The van der Waals surface area contributed by atoms with Crippen LogP contribution in [0.5, 0.6) is 0 Å². The minimum atomic E-state index is -0.373. The Morgan fingerprint density at radius 1 is 1.26 bits per heavy atom. The van der Waals surface area contributed by atoms with Crippen LogP contribution < -0.4 is 5.32 Å². The van der Waals surface area contributed by atoms with Gasteiger partial charge in [0.05, 0.1) is 6.04 Å². The molecule has 1 N–H and O–H groups in total. The Morgan fingerprint density at radius 3 is 2.74 bits per heavy atom. The normalized spacial score (nSPS) is 18.3. The van der Waals surface area contributed by atoms with Gasteiger partial charge >= 0.3 is 6.09 Å². The molecule has 0 spiro atoms.